The van der Waals surface area contributed by atoms with Crippen molar-refractivity contribution in [2.24, 2.45) is 0 Å². The molecule has 5 aromatic heterocycles. The maximum Gasteiger partial charge on any atom is 0.235 e. The van der Waals surface area contributed by atoms with E-state index in [1.54, 1.807) is 18.5 Å². The van der Waals surface area contributed by atoms with Gasteiger partial charge in [-0.3, -0.25) is 9.48 Å². The first kappa shape index (κ1) is 23.2. The van der Waals surface area contributed by atoms with Gasteiger partial charge in [-0.2, -0.15) is 19.7 Å². The predicted molar refractivity (Wildman–Crippen MR) is 132 cm³/mol. The molecule has 0 bridgehead atoms. The van der Waals surface area contributed by atoms with E-state index >= 15 is 0 Å². The zero-order chi connectivity index (χ0) is 25.9. The van der Waals surface area contributed by atoms with Crippen LogP contribution in [0.2, 0.25) is 5.02 Å². The van der Waals surface area contributed by atoms with Crippen LogP contribution in [0, 0.1) is 5.95 Å². The van der Waals surface area contributed by atoms with Crippen molar-refractivity contribution in [2.45, 2.75) is 44.6 Å². The number of hydrogen-bond donors (Lipinski definition) is 1. The van der Waals surface area contributed by atoms with Crippen LogP contribution in [-0.2, 0) is 10.2 Å². The Morgan fingerprint density at radius 1 is 1.16 bits per heavy atom. The molecule has 2 atom stereocenters. The summed E-state index contributed by atoms with van der Waals surface area (Å²) in [7, 11) is 0. The Morgan fingerprint density at radius 2 is 1.95 bits per heavy atom. The molecule has 1 amide bonds. The van der Waals surface area contributed by atoms with Gasteiger partial charge in [0.05, 0.1) is 47.1 Å². The minimum atomic E-state index is -0.671. The van der Waals surface area contributed by atoms with E-state index in [1.807, 2.05) is 31.6 Å². The summed E-state index contributed by atoms with van der Waals surface area (Å²) in [5, 5.41) is 19.8. The lowest BCUT2D eigenvalue weighted by molar-refractivity contribution is -0.117. The molecule has 1 aliphatic rings. The molecular weight excluding hydrogens is 499 g/mol. The normalized spacial score (nSPS) is 19.0. The average molecular weight is 521 g/mol. The zero-order valence-electron chi connectivity index (χ0n) is 20.2. The molecule has 0 fully saturated rings. The zero-order valence-corrected chi connectivity index (χ0v) is 20.9. The fourth-order valence-corrected chi connectivity index (χ4v) is 5.18. The number of nitrogens with one attached hydrogen (secondary N) is 1. The number of pyridine rings is 1. The summed E-state index contributed by atoms with van der Waals surface area (Å²) in [6, 6.07) is 3.03. The number of rotatable bonds is 5. The van der Waals surface area contributed by atoms with Gasteiger partial charge in [0.15, 0.2) is 11.5 Å². The van der Waals surface area contributed by atoms with E-state index in [0.29, 0.717) is 34.8 Å². The van der Waals surface area contributed by atoms with Gasteiger partial charge >= 0.3 is 0 Å². The first-order valence-corrected chi connectivity index (χ1v) is 12.0. The number of anilines is 1. The largest absolute Gasteiger partial charge is 0.324 e. The highest BCUT2D eigenvalue weighted by Crippen LogP contribution is 2.50. The second kappa shape index (κ2) is 8.44. The van der Waals surface area contributed by atoms with Crippen LogP contribution in [0.3, 0.4) is 0 Å². The van der Waals surface area contributed by atoms with E-state index in [0.717, 1.165) is 5.56 Å². The van der Waals surface area contributed by atoms with Crippen LogP contribution < -0.4 is 5.32 Å². The van der Waals surface area contributed by atoms with Gasteiger partial charge in [-0.15, -0.1) is 9.90 Å². The third kappa shape index (κ3) is 3.75. The lowest BCUT2D eigenvalue weighted by Crippen LogP contribution is -2.25. The highest BCUT2D eigenvalue weighted by Gasteiger charge is 2.48. The minimum Gasteiger partial charge on any atom is -0.324 e. The van der Waals surface area contributed by atoms with Gasteiger partial charge in [0, 0.05) is 41.0 Å². The van der Waals surface area contributed by atoms with Crippen LogP contribution in [0.4, 0.5) is 10.1 Å². The number of carbonyl (C=O) groups excluding carboxylic acids is 1. The van der Waals surface area contributed by atoms with Gasteiger partial charge in [-0.05, 0) is 33.3 Å². The number of aromatic nitrogens is 9. The summed E-state index contributed by atoms with van der Waals surface area (Å²) in [6.45, 7) is 6.09. The molecule has 0 unspecified atom stereocenters. The molecule has 0 radical (unpaired) electrons. The Kier molecular flexibility index (Phi) is 5.30. The van der Waals surface area contributed by atoms with Crippen LogP contribution in [0.5, 0.6) is 0 Å². The number of carbonyl (C=O) groups is 1. The van der Waals surface area contributed by atoms with Crippen LogP contribution in [-0.4, -0.2) is 50.3 Å². The summed E-state index contributed by atoms with van der Waals surface area (Å²) in [4.78, 5) is 23.6. The molecule has 11 nitrogen and oxygen atoms in total. The number of amides is 1. The highest BCUT2D eigenvalue weighted by atomic mass is 35.5. The molecule has 1 aliphatic carbocycles. The minimum absolute atomic E-state index is 0.161. The molecule has 5 heterocycles. The topological polar surface area (TPSA) is 121 Å². The second-order valence-electron chi connectivity index (χ2n) is 9.53. The van der Waals surface area contributed by atoms with Crippen molar-refractivity contribution in [1.29, 1.82) is 0 Å². The maximum atomic E-state index is 14.2. The molecule has 0 spiro atoms. The third-order valence-electron chi connectivity index (χ3n) is 6.77. The van der Waals surface area contributed by atoms with Crippen LogP contribution >= 0.6 is 11.6 Å². The van der Waals surface area contributed by atoms with Crippen molar-refractivity contribution < 1.29 is 9.18 Å². The highest BCUT2D eigenvalue weighted by molar-refractivity contribution is 6.32. The summed E-state index contributed by atoms with van der Waals surface area (Å²) in [5.74, 6) is -1.14. The van der Waals surface area contributed by atoms with E-state index in [-0.39, 0.29) is 17.0 Å². The summed E-state index contributed by atoms with van der Waals surface area (Å²) >= 11 is 6.38. The number of fused-ring (bicyclic) bond motifs is 3. The molecule has 13 heteroatoms. The number of nitrogens with zero attached hydrogens (tertiary/aromatic N) is 9. The lowest BCUT2D eigenvalue weighted by atomic mass is 9.80. The van der Waals surface area contributed by atoms with Crippen LogP contribution in [0.15, 0.2) is 49.3 Å². The molecule has 0 aromatic carbocycles. The van der Waals surface area contributed by atoms with Crippen molar-refractivity contribution >= 4 is 28.8 Å². The number of hydrogen-bond acceptors (Lipinski definition) is 7. The van der Waals surface area contributed by atoms with Gasteiger partial charge in [0.1, 0.15) is 0 Å². The molecule has 188 valence electrons. The maximum absolute atomic E-state index is 14.2. The first-order valence-electron chi connectivity index (χ1n) is 11.7. The Morgan fingerprint density at radius 3 is 2.65 bits per heavy atom. The summed E-state index contributed by atoms with van der Waals surface area (Å²) < 4.78 is 17.5. The molecule has 0 saturated carbocycles. The third-order valence-corrected chi connectivity index (χ3v) is 7.05. The Labute approximate surface area is 215 Å². The van der Waals surface area contributed by atoms with Gasteiger partial charge < -0.3 is 5.32 Å². The van der Waals surface area contributed by atoms with E-state index in [1.165, 1.54) is 34.0 Å². The van der Waals surface area contributed by atoms with E-state index in [4.69, 9.17) is 11.6 Å². The fourth-order valence-electron chi connectivity index (χ4n) is 4.94. The standard InChI is InChI=1S/C24H22ClFN10O/c1-13(2)34-12-14(9-31-34)24(3)8-16(17-11-27-20-7-19(26)33-35(20)21(17)24)23(37)32-15-6-18(25)22(28-10-15)36-29-4-5-30-36/h4-7,9-13,16H,8H2,1-3H3,(H,32,37)/t16-,24+/m0/s1. The van der Waals surface area contributed by atoms with Gasteiger partial charge in [0.2, 0.25) is 11.9 Å². The van der Waals surface area contributed by atoms with Gasteiger partial charge in [-0.1, -0.05) is 11.6 Å². The quantitative estimate of drug-likeness (QED) is 0.375. The monoisotopic (exact) mass is 520 g/mol. The van der Waals surface area contributed by atoms with Gasteiger partial charge in [0.25, 0.3) is 0 Å². The fraction of sp³-hybridized carbons (Fsp3) is 0.292. The van der Waals surface area contributed by atoms with Crippen molar-refractivity contribution in [3.05, 3.63) is 77.1 Å². The molecule has 1 N–H and O–H groups in total. The molecule has 5 aromatic rings. The molecule has 6 rings (SSSR count). The van der Waals surface area contributed by atoms with E-state index in [2.05, 4.69) is 35.7 Å². The average Bonchev–Trinajstić information content (AvgIpc) is 3.64. The SMILES string of the molecule is CC(C)n1cc([C@@]2(C)C[C@H](C(=O)Nc3cnc(-n4nccn4)c(Cl)c3)c3cnc4cc(F)nn4c32)cn1. The molecular formula is C24H22ClFN10O. The summed E-state index contributed by atoms with van der Waals surface area (Å²) in [5.41, 5.74) is 2.41. The molecule has 37 heavy (non-hydrogen) atoms. The van der Waals surface area contributed by atoms with Crippen LogP contribution in [0.1, 0.15) is 56.0 Å². The smallest absolute Gasteiger partial charge is 0.235 e. The van der Waals surface area contributed by atoms with Crippen molar-refractivity contribution in [3.63, 3.8) is 0 Å². The molecule has 0 saturated heterocycles. The van der Waals surface area contributed by atoms with Crippen molar-refractivity contribution in [3.8, 4) is 5.82 Å². The predicted octanol–water partition coefficient (Wildman–Crippen LogP) is 3.71. The van der Waals surface area contributed by atoms with Crippen molar-refractivity contribution in [1.82, 2.24) is 44.4 Å². The van der Waals surface area contributed by atoms with Gasteiger partial charge in [-0.25, -0.2) is 14.5 Å². The van der Waals surface area contributed by atoms with Crippen LogP contribution in [0.25, 0.3) is 11.5 Å². The lowest BCUT2D eigenvalue weighted by Gasteiger charge is -2.24. The Bertz CT molecular complexity index is 1640. The summed E-state index contributed by atoms with van der Waals surface area (Å²) in [6.07, 6.45) is 10.3. The first-order chi connectivity index (χ1) is 17.7. The Balaban J connectivity index is 1.38. The van der Waals surface area contributed by atoms with Crippen molar-refractivity contribution in [2.75, 3.05) is 5.32 Å². The molecule has 0 aliphatic heterocycles. The van der Waals surface area contributed by atoms with E-state index in [9.17, 15) is 9.18 Å². The second-order valence-corrected chi connectivity index (χ2v) is 9.94. The van der Waals surface area contributed by atoms with E-state index < -0.39 is 17.3 Å². The number of halogens is 2. The Hall–Kier alpha value is -4.19.